The summed E-state index contributed by atoms with van der Waals surface area (Å²) in [5, 5.41) is 7.27. The summed E-state index contributed by atoms with van der Waals surface area (Å²) < 4.78 is 5.35. The van der Waals surface area contributed by atoms with E-state index in [0.717, 1.165) is 53.5 Å². The van der Waals surface area contributed by atoms with E-state index in [1.165, 1.54) is 11.3 Å². The Bertz CT molecular complexity index is 1230. The second-order valence-corrected chi connectivity index (χ2v) is 9.21. The highest BCUT2D eigenvalue weighted by Crippen LogP contribution is 2.44. The summed E-state index contributed by atoms with van der Waals surface area (Å²) in [7, 11) is 1.67. The lowest BCUT2D eigenvalue weighted by Crippen LogP contribution is -2.27. The Hall–Kier alpha value is -3.73. The van der Waals surface area contributed by atoms with E-state index >= 15 is 0 Å². The molecule has 3 aromatic carbocycles. The number of nitrogens with zero attached hydrogens (tertiary/aromatic N) is 1. The number of methoxy groups -OCH3 is 1. The molecule has 35 heavy (non-hydrogen) atoms. The van der Waals surface area contributed by atoms with Gasteiger partial charge in [0.1, 0.15) is 5.75 Å². The first-order valence-electron chi connectivity index (χ1n) is 12.5. The van der Waals surface area contributed by atoms with Gasteiger partial charge in [-0.05, 0) is 73.7 Å². The SMILES string of the molecule is CCN(CC)c1ccc([C@H]2CC(=O)C3=C(C2)Nc2ccccc2N[C@H]3c2ccc(OC)cc2)cc1. The molecule has 0 unspecified atom stereocenters. The molecule has 1 aliphatic carbocycles. The van der Waals surface area contributed by atoms with Crippen LogP contribution in [0.1, 0.15) is 49.8 Å². The van der Waals surface area contributed by atoms with Crippen LogP contribution in [0.3, 0.4) is 0 Å². The Morgan fingerprint density at radius 3 is 2.17 bits per heavy atom. The number of allylic oxidation sites excluding steroid dienone is 1. The minimum absolute atomic E-state index is 0.154. The van der Waals surface area contributed by atoms with Gasteiger partial charge in [-0.3, -0.25) is 4.79 Å². The van der Waals surface area contributed by atoms with Crippen molar-refractivity contribution in [3.05, 3.63) is 95.2 Å². The van der Waals surface area contributed by atoms with Crippen LogP contribution in [0.25, 0.3) is 0 Å². The third kappa shape index (κ3) is 4.51. The average Bonchev–Trinajstić information content (AvgIpc) is 3.07. The van der Waals surface area contributed by atoms with Crippen LogP contribution >= 0.6 is 0 Å². The molecular weight excluding hydrogens is 434 g/mol. The number of hydrogen-bond acceptors (Lipinski definition) is 5. The second kappa shape index (κ2) is 9.87. The predicted octanol–water partition coefficient (Wildman–Crippen LogP) is 6.52. The molecule has 5 rings (SSSR count). The summed E-state index contributed by atoms with van der Waals surface area (Å²) in [5.41, 5.74) is 7.34. The number of carbonyl (C=O) groups is 1. The Balaban J connectivity index is 1.51. The van der Waals surface area contributed by atoms with E-state index in [4.69, 9.17) is 4.74 Å². The van der Waals surface area contributed by atoms with Gasteiger partial charge in [-0.15, -0.1) is 0 Å². The number of ketones is 1. The van der Waals surface area contributed by atoms with Gasteiger partial charge in [0.05, 0.1) is 24.5 Å². The van der Waals surface area contributed by atoms with Gasteiger partial charge < -0.3 is 20.3 Å². The van der Waals surface area contributed by atoms with Crippen LogP contribution in [0.15, 0.2) is 84.1 Å². The van der Waals surface area contributed by atoms with E-state index in [2.05, 4.69) is 65.8 Å². The third-order valence-corrected chi connectivity index (χ3v) is 7.25. The first kappa shape index (κ1) is 23.0. The van der Waals surface area contributed by atoms with Crippen LogP contribution in [0.2, 0.25) is 0 Å². The molecule has 0 saturated heterocycles. The van der Waals surface area contributed by atoms with Crippen molar-refractivity contribution in [3.63, 3.8) is 0 Å². The van der Waals surface area contributed by atoms with Gasteiger partial charge in [0, 0.05) is 36.5 Å². The van der Waals surface area contributed by atoms with Crippen molar-refractivity contribution in [2.45, 2.75) is 38.6 Å². The van der Waals surface area contributed by atoms with E-state index in [-0.39, 0.29) is 17.7 Å². The van der Waals surface area contributed by atoms with Gasteiger partial charge >= 0.3 is 0 Å². The molecule has 0 saturated carbocycles. The largest absolute Gasteiger partial charge is 0.497 e. The highest BCUT2D eigenvalue weighted by Gasteiger charge is 2.36. The standard InChI is InChI=1S/C30H33N3O2/c1-4-33(5-2)23-14-10-20(11-15-23)22-18-27-29(28(34)19-22)30(21-12-16-24(35-3)17-13-21)32-26-9-7-6-8-25(26)31-27/h6-17,22,30-32H,4-5,18-19H2,1-3H3/t22-,30+/m1/s1. The number of carbonyl (C=O) groups excluding carboxylic acids is 1. The average molecular weight is 468 g/mol. The summed E-state index contributed by atoms with van der Waals surface area (Å²) in [6.07, 6.45) is 1.31. The molecule has 0 amide bonds. The first-order valence-corrected chi connectivity index (χ1v) is 12.5. The smallest absolute Gasteiger partial charge is 0.163 e. The summed E-state index contributed by atoms with van der Waals surface area (Å²) >= 11 is 0. The predicted molar refractivity (Wildman–Crippen MR) is 143 cm³/mol. The van der Waals surface area contributed by atoms with Crippen LogP contribution in [0.5, 0.6) is 5.75 Å². The van der Waals surface area contributed by atoms with Crippen LogP contribution in [0, 0.1) is 0 Å². The molecule has 0 spiro atoms. The zero-order valence-corrected chi connectivity index (χ0v) is 20.7. The second-order valence-electron chi connectivity index (χ2n) is 9.21. The zero-order chi connectivity index (χ0) is 24.4. The van der Waals surface area contributed by atoms with Crippen molar-refractivity contribution >= 4 is 22.8 Å². The van der Waals surface area contributed by atoms with Crippen molar-refractivity contribution in [2.75, 3.05) is 35.7 Å². The Labute approximate surface area is 207 Å². The first-order chi connectivity index (χ1) is 17.1. The maximum absolute atomic E-state index is 13.7. The third-order valence-electron chi connectivity index (χ3n) is 7.25. The van der Waals surface area contributed by atoms with Gasteiger partial charge in [-0.25, -0.2) is 0 Å². The van der Waals surface area contributed by atoms with Crippen molar-refractivity contribution in [3.8, 4) is 5.75 Å². The van der Waals surface area contributed by atoms with E-state index in [0.29, 0.717) is 6.42 Å². The number of hydrogen-bond donors (Lipinski definition) is 2. The fraction of sp³-hybridized carbons (Fsp3) is 0.300. The number of para-hydroxylation sites is 2. The maximum Gasteiger partial charge on any atom is 0.163 e. The lowest BCUT2D eigenvalue weighted by atomic mass is 9.78. The van der Waals surface area contributed by atoms with Crippen molar-refractivity contribution < 1.29 is 9.53 Å². The number of rotatable bonds is 6. The number of nitrogens with one attached hydrogen (secondary N) is 2. The quantitative estimate of drug-likeness (QED) is 0.432. The monoisotopic (exact) mass is 467 g/mol. The van der Waals surface area contributed by atoms with E-state index in [9.17, 15) is 4.79 Å². The van der Waals surface area contributed by atoms with Crippen molar-refractivity contribution in [1.82, 2.24) is 0 Å². The molecule has 0 aromatic heterocycles. The fourth-order valence-corrected chi connectivity index (χ4v) is 5.32. The summed E-state index contributed by atoms with van der Waals surface area (Å²) in [6, 6.07) is 24.7. The number of Topliss-reactive ketones (excluding diaryl/α,β-unsaturated/α-hetero) is 1. The van der Waals surface area contributed by atoms with Crippen LogP contribution in [0.4, 0.5) is 17.1 Å². The Morgan fingerprint density at radius 1 is 0.857 bits per heavy atom. The lowest BCUT2D eigenvalue weighted by Gasteiger charge is -2.30. The molecule has 2 N–H and O–H groups in total. The molecule has 180 valence electrons. The fourth-order valence-electron chi connectivity index (χ4n) is 5.32. The van der Waals surface area contributed by atoms with Crippen molar-refractivity contribution in [2.24, 2.45) is 0 Å². The van der Waals surface area contributed by atoms with E-state index in [1.807, 2.05) is 36.4 Å². The Kier molecular flexibility index (Phi) is 6.49. The molecule has 5 heteroatoms. The van der Waals surface area contributed by atoms with Crippen LogP contribution in [-0.2, 0) is 4.79 Å². The van der Waals surface area contributed by atoms with Crippen LogP contribution < -0.4 is 20.3 Å². The topological polar surface area (TPSA) is 53.6 Å². The molecule has 0 radical (unpaired) electrons. The maximum atomic E-state index is 13.7. The number of anilines is 3. The summed E-state index contributed by atoms with van der Waals surface area (Å²) in [4.78, 5) is 16.1. The molecule has 1 aliphatic heterocycles. The van der Waals surface area contributed by atoms with Gasteiger partial charge in [0.25, 0.3) is 0 Å². The highest BCUT2D eigenvalue weighted by atomic mass is 16.5. The van der Waals surface area contributed by atoms with Gasteiger partial charge in [0.2, 0.25) is 0 Å². The van der Waals surface area contributed by atoms with Gasteiger partial charge in [-0.2, -0.15) is 0 Å². The van der Waals surface area contributed by atoms with E-state index < -0.39 is 0 Å². The number of ether oxygens (including phenoxy) is 1. The molecule has 3 aromatic rings. The number of benzene rings is 3. The molecule has 2 atom stereocenters. The molecule has 2 aliphatic rings. The Morgan fingerprint density at radius 2 is 1.51 bits per heavy atom. The van der Waals surface area contributed by atoms with Gasteiger partial charge in [0.15, 0.2) is 5.78 Å². The van der Waals surface area contributed by atoms with Crippen LogP contribution in [-0.4, -0.2) is 26.0 Å². The summed E-state index contributed by atoms with van der Waals surface area (Å²) in [6.45, 7) is 6.32. The minimum atomic E-state index is -0.217. The summed E-state index contributed by atoms with van der Waals surface area (Å²) in [5.74, 6) is 1.15. The number of fused-ring (bicyclic) bond motifs is 1. The molecule has 5 nitrogen and oxygen atoms in total. The minimum Gasteiger partial charge on any atom is -0.497 e. The zero-order valence-electron chi connectivity index (χ0n) is 20.7. The molecular formula is C30H33N3O2. The van der Waals surface area contributed by atoms with Gasteiger partial charge in [-0.1, -0.05) is 36.4 Å². The normalized spacial score (nSPS) is 19.1. The van der Waals surface area contributed by atoms with E-state index in [1.54, 1.807) is 7.11 Å². The molecule has 0 bridgehead atoms. The lowest BCUT2D eigenvalue weighted by molar-refractivity contribution is -0.116. The highest BCUT2D eigenvalue weighted by molar-refractivity contribution is 6.01. The molecule has 0 fully saturated rings. The van der Waals surface area contributed by atoms with Crippen molar-refractivity contribution in [1.29, 1.82) is 0 Å². The molecule has 1 heterocycles.